The van der Waals surface area contributed by atoms with E-state index in [0.29, 0.717) is 32.4 Å². The van der Waals surface area contributed by atoms with E-state index in [9.17, 15) is 21.6 Å². The van der Waals surface area contributed by atoms with Gasteiger partial charge in [-0.15, -0.1) is 11.3 Å². The van der Waals surface area contributed by atoms with Crippen molar-refractivity contribution >= 4 is 44.2 Å². The highest BCUT2D eigenvalue weighted by molar-refractivity contribution is 7.90. The third-order valence-corrected chi connectivity index (χ3v) is 8.39. The summed E-state index contributed by atoms with van der Waals surface area (Å²) < 4.78 is 65.1. The first-order valence-corrected chi connectivity index (χ1v) is 14.5. The molecule has 2 aliphatic heterocycles. The summed E-state index contributed by atoms with van der Waals surface area (Å²) in [4.78, 5) is 11.2. The number of hydrogen-bond donors (Lipinski definition) is 1. The van der Waals surface area contributed by atoms with Crippen molar-refractivity contribution in [1.82, 2.24) is 19.7 Å². The molecule has 2 aliphatic rings. The quantitative estimate of drug-likeness (QED) is 0.454. The molecule has 2 atom stereocenters. The number of alkyl halides is 2. The summed E-state index contributed by atoms with van der Waals surface area (Å²) in [7, 11) is -3.28. The van der Waals surface area contributed by atoms with E-state index < -0.39 is 33.8 Å². The van der Waals surface area contributed by atoms with Crippen LogP contribution in [0.2, 0.25) is 5.02 Å². The second kappa shape index (κ2) is 9.53. The number of hydrogen-bond acceptors (Lipinski definition) is 8. The van der Waals surface area contributed by atoms with E-state index in [1.54, 1.807) is 11.6 Å². The van der Waals surface area contributed by atoms with Gasteiger partial charge >= 0.3 is 6.55 Å². The smallest absolute Gasteiger partial charge is 0.326 e. The van der Waals surface area contributed by atoms with Crippen molar-refractivity contribution in [2.45, 2.75) is 31.0 Å². The van der Waals surface area contributed by atoms with Crippen LogP contribution >= 0.6 is 22.9 Å². The van der Waals surface area contributed by atoms with Gasteiger partial charge in [0, 0.05) is 64.4 Å². The molecule has 0 amide bonds. The number of nitrogens with zero attached hydrogens (tertiary/aromatic N) is 5. The van der Waals surface area contributed by atoms with E-state index in [1.165, 1.54) is 29.5 Å². The van der Waals surface area contributed by atoms with E-state index in [-0.39, 0.29) is 35.9 Å². The Morgan fingerprint density at radius 1 is 1.32 bits per heavy atom. The standard InChI is InChI=1S/C23H22ClF3N6O2S2/c1-37(34,35)9-5-23(28)11-17-18(16-4-7-33(31-16)22(26)27)19(14-3-2-13(25)10-15(14)24)30-20(32(17)12-23)21-29-6-8-36-21/h2-4,6-8,10,19,22H,5,9,11-12,28H2,1H3/t19-,23+/m0/s1. The Labute approximate surface area is 220 Å². The monoisotopic (exact) mass is 570 g/mol. The lowest BCUT2D eigenvalue weighted by atomic mass is 9.89. The summed E-state index contributed by atoms with van der Waals surface area (Å²) >= 11 is 7.80. The first-order valence-electron chi connectivity index (χ1n) is 11.2. The highest BCUT2D eigenvalue weighted by Crippen LogP contribution is 2.48. The number of nitrogens with two attached hydrogens (primary N) is 1. The first-order chi connectivity index (χ1) is 17.4. The van der Waals surface area contributed by atoms with Gasteiger partial charge in [-0.2, -0.15) is 13.9 Å². The average molecular weight is 571 g/mol. The maximum atomic E-state index is 13.9. The highest BCUT2D eigenvalue weighted by Gasteiger charge is 2.46. The largest absolute Gasteiger partial charge is 0.333 e. The molecule has 2 N–H and O–H groups in total. The minimum absolute atomic E-state index is 0.112. The van der Waals surface area contributed by atoms with Crippen LogP contribution in [0.25, 0.3) is 5.57 Å². The molecule has 0 aliphatic carbocycles. The Morgan fingerprint density at radius 3 is 2.73 bits per heavy atom. The van der Waals surface area contributed by atoms with Gasteiger partial charge in [0.05, 0.1) is 11.4 Å². The molecular formula is C23H22ClF3N6O2S2. The van der Waals surface area contributed by atoms with Gasteiger partial charge in [-0.25, -0.2) is 22.5 Å². The molecule has 0 radical (unpaired) electrons. The van der Waals surface area contributed by atoms with Crippen LogP contribution in [0, 0.1) is 5.82 Å². The Kier molecular flexibility index (Phi) is 6.67. The molecule has 0 bridgehead atoms. The van der Waals surface area contributed by atoms with Gasteiger partial charge in [-0.3, -0.25) is 4.99 Å². The lowest BCUT2D eigenvalue weighted by Gasteiger charge is -2.32. The van der Waals surface area contributed by atoms with Crippen molar-refractivity contribution in [3.63, 3.8) is 0 Å². The number of aromatic nitrogens is 3. The minimum atomic E-state index is -3.28. The fraction of sp³-hybridized carbons (Fsp3) is 0.348. The van der Waals surface area contributed by atoms with E-state index in [0.717, 1.165) is 18.5 Å². The second-order valence-corrected chi connectivity index (χ2v) is 12.7. The van der Waals surface area contributed by atoms with Gasteiger partial charge in [-0.05, 0) is 24.6 Å². The lowest BCUT2D eigenvalue weighted by Crippen LogP contribution is -2.45. The summed E-state index contributed by atoms with van der Waals surface area (Å²) in [6.45, 7) is -2.62. The molecule has 1 saturated heterocycles. The number of fused-ring (bicyclic) bond motifs is 1. The molecule has 196 valence electrons. The Balaban J connectivity index is 1.71. The van der Waals surface area contributed by atoms with Gasteiger partial charge in [-0.1, -0.05) is 17.7 Å². The Hall–Kier alpha value is -2.74. The summed E-state index contributed by atoms with van der Waals surface area (Å²) in [5.74, 6) is -0.162. The van der Waals surface area contributed by atoms with Crippen molar-refractivity contribution < 1.29 is 21.6 Å². The number of rotatable bonds is 7. The van der Waals surface area contributed by atoms with Gasteiger partial charge < -0.3 is 10.6 Å². The van der Waals surface area contributed by atoms with E-state index in [2.05, 4.69) is 10.1 Å². The number of benzene rings is 1. The summed E-state index contributed by atoms with van der Waals surface area (Å²) in [6, 6.07) is 4.54. The van der Waals surface area contributed by atoms with Crippen LogP contribution in [-0.4, -0.2) is 58.0 Å². The number of sulfone groups is 1. The van der Waals surface area contributed by atoms with Crippen LogP contribution in [0.1, 0.15) is 41.7 Å². The topological polar surface area (TPSA) is 106 Å². The van der Waals surface area contributed by atoms with E-state index in [1.807, 2.05) is 4.90 Å². The van der Waals surface area contributed by atoms with Crippen molar-refractivity contribution in [3.05, 3.63) is 74.8 Å². The zero-order valence-corrected chi connectivity index (χ0v) is 21.9. The normalized spacial score (nSPS) is 22.1. The molecule has 5 rings (SSSR count). The number of thiazole rings is 1. The zero-order valence-electron chi connectivity index (χ0n) is 19.5. The van der Waals surface area contributed by atoms with Crippen LogP contribution in [0.15, 0.2) is 52.7 Å². The zero-order chi connectivity index (χ0) is 26.5. The van der Waals surface area contributed by atoms with E-state index in [4.69, 9.17) is 22.3 Å². The molecule has 8 nitrogen and oxygen atoms in total. The molecule has 2 aromatic heterocycles. The predicted molar refractivity (Wildman–Crippen MR) is 136 cm³/mol. The molecule has 37 heavy (non-hydrogen) atoms. The molecule has 3 aromatic rings. The maximum absolute atomic E-state index is 13.9. The van der Waals surface area contributed by atoms with Gasteiger partial charge in [0.15, 0.2) is 10.8 Å². The maximum Gasteiger partial charge on any atom is 0.333 e. The average Bonchev–Trinajstić information content (AvgIpc) is 3.56. The lowest BCUT2D eigenvalue weighted by molar-refractivity contribution is 0.0564. The molecular weight excluding hydrogens is 549 g/mol. The summed E-state index contributed by atoms with van der Waals surface area (Å²) in [5.41, 5.74) is 7.62. The predicted octanol–water partition coefficient (Wildman–Crippen LogP) is 4.28. The van der Waals surface area contributed by atoms with Crippen molar-refractivity contribution in [2.75, 3.05) is 18.6 Å². The number of aliphatic imine (C=N–C) groups is 1. The Morgan fingerprint density at radius 2 is 2.11 bits per heavy atom. The van der Waals surface area contributed by atoms with Crippen LogP contribution in [0.3, 0.4) is 0 Å². The number of amidine groups is 1. The highest BCUT2D eigenvalue weighted by atomic mass is 35.5. The van der Waals surface area contributed by atoms with Crippen molar-refractivity contribution in [2.24, 2.45) is 10.7 Å². The molecule has 1 aromatic carbocycles. The number of halogens is 4. The Bertz CT molecular complexity index is 1510. The molecule has 4 heterocycles. The first kappa shape index (κ1) is 25.9. The fourth-order valence-corrected chi connectivity index (χ4v) is 6.33. The third-order valence-electron chi connectivity index (χ3n) is 6.35. The van der Waals surface area contributed by atoms with Crippen molar-refractivity contribution in [3.8, 4) is 0 Å². The van der Waals surface area contributed by atoms with Gasteiger partial charge in [0.2, 0.25) is 0 Å². The van der Waals surface area contributed by atoms with Crippen LogP contribution in [0.4, 0.5) is 13.2 Å². The molecule has 1 fully saturated rings. The molecule has 0 spiro atoms. The van der Waals surface area contributed by atoms with Gasteiger partial charge in [0.1, 0.15) is 21.7 Å². The van der Waals surface area contributed by atoms with Gasteiger partial charge in [0.25, 0.3) is 0 Å². The van der Waals surface area contributed by atoms with Crippen LogP contribution in [0.5, 0.6) is 0 Å². The van der Waals surface area contributed by atoms with E-state index >= 15 is 0 Å². The summed E-state index contributed by atoms with van der Waals surface area (Å²) in [5, 5.41) is 6.57. The third kappa shape index (κ3) is 5.17. The van der Waals surface area contributed by atoms with Crippen molar-refractivity contribution in [1.29, 1.82) is 0 Å². The second-order valence-electron chi connectivity index (χ2n) is 9.18. The van der Waals surface area contributed by atoms with Crippen LogP contribution in [-0.2, 0) is 9.84 Å². The minimum Gasteiger partial charge on any atom is -0.326 e. The summed E-state index contributed by atoms with van der Waals surface area (Å²) in [6.07, 6.45) is 4.35. The molecule has 14 heteroatoms. The molecule has 0 unspecified atom stereocenters. The van der Waals surface area contributed by atoms with Crippen LogP contribution < -0.4 is 5.73 Å². The SMILES string of the molecule is CS(=O)(=O)CC[C@@]1(N)CC2=C(c3ccn(C(F)F)n3)[C@H](c3ccc(F)cc3Cl)N=C(c3nccs3)N2C1. The molecule has 0 saturated carbocycles. The fourth-order valence-electron chi connectivity index (χ4n) is 4.64.